The molecule has 2 saturated heterocycles. The van der Waals surface area contributed by atoms with Crippen molar-refractivity contribution in [1.82, 2.24) is 10.2 Å². The molecule has 0 spiro atoms. The van der Waals surface area contributed by atoms with Gasteiger partial charge in [0.15, 0.2) is 0 Å². The molecule has 1 N–H and O–H groups in total. The summed E-state index contributed by atoms with van der Waals surface area (Å²) in [5.74, 6) is 0.606. The molecule has 0 aromatic rings. The van der Waals surface area contributed by atoms with Crippen LogP contribution in [-0.4, -0.2) is 35.8 Å². The SMILES string of the molecule is CC1CNCC(N2C(=O)CCCCC2=O)C1. The summed E-state index contributed by atoms with van der Waals surface area (Å²) in [6, 6.07) is 0.0850. The average molecular weight is 224 g/mol. The maximum atomic E-state index is 11.9. The Balaban J connectivity index is 2.09. The third-order valence-corrected chi connectivity index (χ3v) is 3.48. The Morgan fingerprint density at radius 1 is 1.12 bits per heavy atom. The Kier molecular flexibility index (Phi) is 3.59. The van der Waals surface area contributed by atoms with Crippen molar-refractivity contribution in [1.29, 1.82) is 0 Å². The highest BCUT2D eigenvalue weighted by Crippen LogP contribution is 2.21. The van der Waals surface area contributed by atoms with E-state index in [-0.39, 0.29) is 17.9 Å². The number of hydrogen-bond donors (Lipinski definition) is 1. The molecule has 2 aliphatic heterocycles. The Morgan fingerprint density at radius 3 is 2.31 bits per heavy atom. The van der Waals surface area contributed by atoms with E-state index in [1.165, 1.54) is 4.90 Å². The van der Waals surface area contributed by atoms with Gasteiger partial charge >= 0.3 is 0 Å². The summed E-state index contributed by atoms with van der Waals surface area (Å²) in [5.41, 5.74) is 0. The van der Waals surface area contributed by atoms with Gasteiger partial charge in [0, 0.05) is 19.4 Å². The molecule has 2 unspecified atom stereocenters. The maximum Gasteiger partial charge on any atom is 0.229 e. The third kappa shape index (κ3) is 2.43. The van der Waals surface area contributed by atoms with Crippen LogP contribution in [0.3, 0.4) is 0 Å². The number of piperidine rings is 1. The number of nitrogens with one attached hydrogen (secondary N) is 1. The topological polar surface area (TPSA) is 49.4 Å². The summed E-state index contributed by atoms with van der Waals surface area (Å²) < 4.78 is 0. The molecule has 0 aromatic heterocycles. The second-order valence-electron chi connectivity index (χ2n) is 5.02. The van der Waals surface area contributed by atoms with E-state index in [1.807, 2.05) is 0 Å². The molecular weight excluding hydrogens is 204 g/mol. The molecule has 0 saturated carbocycles. The quantitative estimate of drug-likeness (QED) is 0.674. The van der Waals surface area contributed by atoms with Crippen molar-refractivity contribution >= 4 is 11.8 Å². The number of rotatable bonds is 1. The lowest BCUT2D eigenvalue weighted by Gasteiger charge is -2.35. The van der Waals surface area contributed by atoms with Gasteiger partial charge in [0.2, 0.25) is 11.8 Å². The van der Waals surface area contributed by atoms with Crippen LogP contribution in [0.25, 0.3) is 0 Å². The molecule has 2 heterocycles. The number of likely N-dealkylation sites (tertiary alicyclic amines) is 1. The van der Waals surface area contributed by atoms with Crippen molar-refractivity contribution in [3.05, 3.63) is 0 Å². The van der Waals surface area contributed by atoms with Gasteiger partial charge in [-0.3, -0.25) is 14.5 Å². The largest absolute Gasteiger partial charge is 0.314 e. The van der Waals surface area contributed by atoms with E-state index < -0.39 is 0 Å². The van der Waals surface area contributed by atoms with Crippen LogP contribution in [0.2, 0.25) is 0 Å². The number of carbonyl (C=O) groups excluding carboxylic acids is 2. The summed E-state index contributed by atoms with van der Waals surface area (Å²) in [6.45, 7) is 3.92. The lowest BCUT2D eigenvalue weighted by molar-refractivity contribution is -0.147. The van der Waals surface area contributed by atoms with Crippen LogP contribution in [0.15, 0.2) is 0 Å². The van der Waals surface area contributed by atoms with Gasteiger partial charge in [0.05, 0.1) is 6.04 Å². The molecule has 0 aromatic carbocycles. The van der Waals surface area contributed by atoms with Crippen LogP contribution in [0.1, 0.15) is 39.0 Å². The Morgan fingerprint density at radius 2 is 1.75 bits per heavy atom. The lowest BCUT2D eigenvalue weighted by atomic mass is 9.96. The molecule has 2 aliphatic rings. The molecule has 2 fully saturated rings. The molecule has 16 heavy (non-hydrogen) atoms. The summed E-state index contributed by atoms with van der Waals surface area (Å²) in [4.78, 5) is 25.4. The van der Waals surface area contributed by atoms with Crippen LogP contribution >= 0.6 is 0 Å². The van der Waals surface area contributed by atoms with Gasteiger partial charge in [-0.05, 0) is 31.7 Å². The number of hydrogen-bond acceptors (Lipinski definition) is 3. The third-order valence-electron chi connectivity index (χ3n) is 3.48. The minimum atomic E-state index is 0.0309. The molecule has 0 aliphatic carbocycles. The molecular formula is C12H20N2O2. The zero-order chi connectivity index (χ0) is 11.5. The van der Waals surface area contributed by atoms with E-state index in [9.17, 15) is 9.59 Å². The highest BCUT2D eigenvalue weighted by Gasteiger charge is 2.33. The van der Waals surface area contributed by atoms with E-state index in [1.54, 1.807) is 0 Å². The molecule has 2 rings (SSSR count). The first kappa shape index (κ1) is 11.6. The molecule has 90 valence electrons. The second kappa shape index (κ2) is 4.95. The fourth-order valence-electron chi connectivity index (χ4n) is 2.66. The van der Waals surface area contributed by atoms with Crippen LogP contribution < -0.4 is 5.32 Å². The summed E-state index contributed by atoms with van der Waals surface area (Å²) in [5, 5.41) is 3.30. The first-order chi connectivity index (χ1) is 7.68. The zero-order valence-corrected chi connectivity index (χ0v) is 9.87. The first-order valence-corrected chi connectivity index (χ1v) is 6.24. The molecule has 0 radical (unpaired) electrons. The molecule has 2 atom stereocenters. The summed E-state index contributed by atoms with van der Waals surface area (Å²) >= 11 is 0. The maximum absolute atomic E-state index is 11.9. The fourth-order valence-corrected chi connectivity index (χ4v) is 2.66. The first-order valence-electron chi connectivity index (χ1n) is 6.24. The number of amides is 2. The van der Waals surface area contributed by atoms with Crippen molar-refractivity contribution < 1.29 is 9.59 Å². The van der Waals surface area contributed by atoms with Crippen LogP contribution in [0.5, 0.6) is 0 Å². The van der Waals surface area contributed by atoms with Crippen LogP contribution in [0.4, 0.5) is 0 Å². The predicted octanol–water partition coefficient (Wildman–Crippen LogP) is 0.914. The van der Waals surface area contributed by atoms with Gasteiger partial charge < -0.3 is 5.32 Å². The number of carbonyl (C=O) groups is 2. The van der Waals surface area contributed by atoms with Crippen molar-refractivity contribution in [2.45, 2.75) is 45.1 Å². The Labute approximate surface area is 96.4 Å². The average Bonchev–Trinajstić information content (AvgIpc) is 2.40. The molecule has 0 bridgehead atoms. The van der Waals surface area contributed by atoms with Gasteiger partial charge in [-0.15, -0.1) is 0 Å². The molecule has 2 amide bonds. The van der Waals surface area contributed by atoms with Crippen molar-refractivity contribution in [2.24, 2.45) is 5.92 Å². The second-order valence-corrected chi connectivity index (χ2v) is 5.02. The van der Waals surface area contributed by atoms with Gasteiger partial charge in [-0.1, -0.05) is 6.92 Å². The Hall–Kier alpha value is -0.900. The van der Waals surface area contributed by atoms with E-state index in [2.05, 4.69) is 12.2 Å². The van der Waals surface area contributed by atoms with E-state index in [0.717, 1.165) is 32.4 Å². The summed E-state index contributed by atoms with van der Waals surface area (Å²) in [7, 11) is 0. The van der Waals surface area contributed by atoms with Crippen molar-refractivity contribution in [2.75, 3.05) is 13.1 Å². The van der Waals surface area contributed by atoms with Gasteiger partial charge in [-0.2, -0.15) is 0 Å². The van der Waals surface area contributed by atoms with Gasteiger partial charge in [-0.25, -0.2) is 0 Å². The standard InChI is InChI=1S/C12H20N2O2/c1-9-6-10(8-13-7-9)14-11(15)4-2-3-5-12(14)16/h9-10,13H,2-8H2,1H3. The van der Waals surface area contributed by atoms with Crippen molar-refractivity contribution in [3.63, 3.8) is 0 Å². The lowest BCUT2D eigenvalue weighted by Crippen LogP contribution is -2.52. The van der Waals surface area contributed by atoms with Crippen LogP contribution in [0, 0.1) is 5.92 Å². The highest BCUT2D eigenvalue weighted by molar-refractivity contribution is 5.96. The minimum Gasteiger partial charge on any atom is -0.314 e. The zero-order valence-electron chi connectivity index (χ0n) is 9.87. The van der Waals surface area contributed by atoms with E-state index in [4.69, 9.17) is 0 Å². The molecule has 4 heteroatoms. The molecule has 4 nitrogen and oxygen atoms in total. The predicted molar refractivity (Wildman–Crippen MR) is 60.8 cm³/mol. The minimum absolute atomic E-state index is 0.0309. The van der Waals surface area contributed by atoms with E-state index >= 15 is 0 Å². The van der Waals surface area contributed by atoms with Crippen molar-refractivity contribution in [3.8, 4) is 0 Å². The fraction of sp³-hybridized carbons (Fsp3) is 0.833. The van der Waals surface area contributed by atoms with Gasteiger partial charge in [0.1, 0.15) is 0 Å². The highest BCUT2D eigenvalue weighted by atomic mass is 16.2. The Bertz CT molecular complexity index is 273. The number of nitrogens with zero attached hydrogens (tertiary/aromatic N) is 1. The van der Waals surface area contributed by atoms with Gasteiger partial charge in [0.25, 0.3) is 0 Å². The summed E-state index contributed by atoms with van der Waals surface area (Å²) in [6.07, 6.45) is 3.74. The monoisotopic (exact) mass is 224 g/mol. The smallest absolute Gasteiger partial charge is 0.229 e. The normalized spacial score (nSPS) is 32.7. The van der Waals surface area contributed by atoms with E-state index in [0.29, 0.717) is 18.8 Å². The van der Waals surface area contributed by atoms with Crippen LogP contribution in [-0.2, 0) is 9.59 Å². The number of imide groups is 1.